The molecule has 0 saturated carbocycles. The van der Waals surface area contributed by atoms with Crippen LogP contribution >= 0.6 is 0 Å². The lowest BCUT2D eigenvalue weighted by Gasteiger charge is -2.28. The molecule has 0 amide bonds. The van der Waals surface area contributed by atoms with Gasteiger partial charge < -0.3 is 19.3 Å². The number of hydrogen-bond acceptors (Lipinski definition) is 4. The van der Waals surface area contributed by atoms with Crippen molar-refractivity contribution in [2.75, 3.05) is 20.3 Å². The van der Waals surface area contributed by atoms with E-state index in [0.29, 0.717) is 26.2 Å². The highest BCUT2D eigenvalue weighted by Gasteiger charge is 2.25. The van der Waals surface area contributed by atoms with Gasteiger partial charge in [0.25, 0.3) is 0 Å². The van der Waals surface area contributed by atoms with Crippen molar-refractivity contribution >= 4 is 0 Å². The van der Waals surface area contributed by atoms with E-state index in [1.165, 1.54) is 0 Å². The Morgan fingerprint density at radius 1 is 1.47 bits per heavy atom. The maximum absolute atomic E-state index is 9.77. The highest BCUT2D eigenvalue weighted by atomic mass is 16.5. The monoisotopic (exact) mass is 238 g/mol. The summed E-state index contributed by atoms with van der Waals surface area (Å²) in [6.45, 7) is 1.60. The fourth-order valence-corrected chi connectivity index (χ4v) is 1.86. The first-order valence-electron chi connectivity index (χ1n) is 5.80. The molecule has 0 bridgehead atoms. The molecule has 1 aliphatic rings. The summed E-state index contributed by atoms with van der Waals surface area (Å²) < 4.78 is 16.1. The maximum Gasteiger partial charge on any atom is 0.148 e. The van der Waals surface area contributed by atoms with Gasteiger partial charge in [-0.25, -0.2) is 0 Å². The van der Waals surface area contributed by atoms with E-state index in [2.05, 4.69) is 0 Å². The van der Waals surface area contributed by atoms with Crippen molar-refractivity contribution in [3.63, 3.8) is 0 Å². The van der Waals surface area contributed by atoms with Crippen molar-refractivity contribution in [1.29, 1.82) is 0 Å². The molecular formula is C13H18O4. The summed E-state index contributed by atoms with van der Waals surface area (Å²) in [5.41, 5.74) is 1.05. The van der Waals surface area contributed by atoms with E-state index in [4.69, 9.17) is 14.2 Å². The van der Waals surface area contributed by atoms with Crippen LogP contribution in [0.25, 0.3) is 0 Å². The summed E-state index contributed by atoms with van der Waals surface area (Å²) in [7, 11) is 1.66. The Morgan fingerprint density at radius 3 is 3.12 bits per heavy atom. The van der Waals surface area contributed by atoms with Crippen LogP contribution in [0, 0.1) is 0 Å². The Bertz CT molecular complexity index is 353. The van der Waals surface area contributed by atoms with Crippen LogP contribution in [-0.2, 0) is 16.1 Å². The molecule has 1 N–H and O–H groups in total. The molecule has 2 atom stereocenters. The van der Waals surface area contributed by atoms with E-state index in [-0.39, 0.29) is 6.10 Å². The third-order valence-electron chi connectivity index (χ3n) is 2.77. The van der Waals surface area contributed by atoms with Gasteiger partial charge in [0.05, 0.1) is 19.3 Å². The van der Waals surface area contributed by atoms with Crippen molar-refractivity contribution in [2.24, 2.45) is 0 Å². The average molecular weight is 238 g/mol. The van der Waals surface area contributed by atoms with Crippen LogP contribution in [-0.4, -0.2) is 37.6 Å². The van der Waals surface area contributed by atoms with Gasteiger partial charge in [0.2, 0.25) is 0 Å². The number of benzene rings is 1. The predicted molar refractivity (Wildman–Crippen MR) is 63.0 cm³/mol. The van der Waals surface area contributed by atoms with Crippen molar-refractivity contribution < 1.29 is 19.3 Å². The lowest BCUT2D eigenvalue weighted by molar-refractivity contribution is -0.0735. The normalized spacial score (nSPS) is 24.6. The van der Waals surface area contributed by atoms with Crippen LogP contribution in [0.5, 0.6) is 5.75 Å². The van der Waals surface area contributed by atoms with Gasteiger partial charge in [-0.3, -0.25) is 0 Å². The molecule has 4 nitrogen and oxygen atoms in total. The molecule has 1 aliphatic heterocycles. The molecule has 1 heterocycles. The minimum atomic E-state index is -0.449. The summed E-state index contributed by atoms with van der Waals surface area (Å²) in [4.78, 5) is 0. The molecule has 0 radical (unpaired) electrons. The third-order valence-corrected chi connectivity index (χ3v) is 2.77. The molecule has 0 aliphatic carbocycles. The zero-order chi connectivity index (χ0) is 12.1. The number of rotatable bonds is 4. The van der Waals surface area contributed by atoms with Gasteiger partial charge in [0.15, 0.2) is 0 Å². The van der Waals surface area contributed by atoms with Crippen molar-refractivity contribution in [2.45, 2.75) is 25.2 Å². The molecule has 2 unspecified atom stereocenters. The van der Waals surface area contributed by atoms with Crippen molar-refractivity contribution in [3.8, 4) is 5.75 Å². The van der Waals surface area contributed by atoms with E-state index in [1.54, 1.807) is 7.11 Å². The van der Waals surface area contributed by atoms with E-state index in [1.807, 2.05) is 24.3 Å². The standard InChI is InChI=1S/C13H18O4/c1-15-8-10-3-2-4-11(7-10)17-13-9-16-6-5-12(13)14/h2-4,7,12-14H,5-6,8-9H2,1H3. The Balaban J connectivity index is 1.99. The lowest BCUT2D eigenvalue weighted by Crippen LogP contribution is -2.40. The van der Waals surface area contributed by atoms with Crippen molar-refractivity contribution in [1.82, 2.24) is 0 Å². The van der Waals surface area contributed by atoms with Crippen LogP contribution in [0.15, 0.2) is 24.3 Å². The van der Waals surface area contributed by atoms with Gasteiger partial charge in [0.1, 0.15) is 11.9 Å². The summed E-state index contributed by atoms with van der Waals surface area (Å²) >= 11 is 0. The minimum Gasteiger partial charge on any atom is -0.485 e. The molecule has 0 spiro atoms. The first-order valence-corrected chi connectivity index (χ1v) is 5.80. The smallest absolute Gasteiger partial charge is 0.148 e. The second kappa shape index (κ2) is 6.00. The summed E-state index contributed by atoms with van der Waals surface area (Å²) in [5.74, 6) is 0.745. The number of aliphatic hydroxyl groups is 1. The molecule has 1 aromatic carbocycles. The van der Waals surface area contributed by atoms with Crippen LogP contribution < -0.4 is 4.74 Å². The highest BCUT2D eigenvalue weighted by molar-refractivity contribution is 5.28. The zero-order valence-electron chi connectivity index (χ0n) is 9.96. The van der Waals surface area contributed by atoms with Crippen molar-refractivity contribution in [3.05, 3.63) is 29.8 Å². The Labute approximate surface area is 101 Å². The third kappa shape index (κ3) is 3.43. The summed E-state index contributed by atoms with van der Waals surface area (Å²) in [6.07, 6.45) is -0.0982. The topological polar surface area (TPSA) is 47.9 Å². The van der Waals surface area contributed by atoms with Gasteiger partial charge >= 0.3 is 0 Å². The number of aliphatic hydroxyl groups excluding tert-OH is 1. The van der Waals surface area contributed by atoms with Gasteiger partial charge in [-0.05, 0) is 17.7 Å². The van der Waals surface area contributed by atoms with Gasteiger partial charge in [0, 0.05) is 20.1 Å². The molecule has 1 aromatic rings. The largest absolute Gasteiger partial charge is 0.485 e. The van der Waals surface area contributed by atoms with E-state index >= 15 is 0 Å². The first kappa shape index (κ1) is 12.4. The Morgan fingerprint density at radius 2 is 2.35 bits per heavy atom. The molecule has 4 heteroatoms. The first-order chi connectivity index (χ1) is 8.29. The van der Waals surface area contributed by atoms with Gasteiger partial charge in [-0.15, -0.1) is 0 Å². The molecule has 94 valence electrons. The average Bonchev–Trinajstić information content (AvgIpc) is 2.33. The van der Waals surface area contributed by atoms with E-state index in [9.17, 15) is 5.11 Å². The van der Waals surface area contributed by atoms with E-state index in [0.717, 1.165) is 11.3 Å². The van der Waals surface area contributed by atoms with Crippen LogP contribution in [0.3, 0.4) is 0 Å². The van der Waals surface area contributed by atoms with Gasteiger partial charge in [-0.2, -0.15) is 0 Å². The molecule has 0 aromatic heterocycles. The second-order valence-electron chi connectivity index (χ2n) is 4.17. The summed E-state index contributed by atoms with van der Waals surface area (Å²) in [6, 6.07) is 7.69. The molecule has 1 saturated heterocycles. The van der Waals surface area contributed by atoms with Crippen LogP contribution in [0.4, 0.5) is 0 Å². The molecule has 2 rings (SSSR count). The summed E-state index contributed by atoms with van der Waals surface area (Å²) in [5, 5.41) is 9.77. The fourth-order valence-electron chi connectivity index (χ4n) is 1.86. The number of hydrogen-bond donors (Lipinski definition) is 1. The molecular weight excluding hydrogens is 220 g/mol. The zero-order valence-corrected chi connectivity index (χ0v) is 9.96. The predicted octanol–water partition coefficient (Wildman–Crippen LogP) is 1.36. The van der Waals surface area contributed by atoms with Gasteiger partial charge in [-0.1, -0.05) is 12.1 Å². The second-order valence-corrected chi connectivity index (χ2v) is 4.17. The lowest BCUT2D eigenvalue weighted by atomic mass is 10.1. The molecule has 17 heavy (non-hydrogen) atoms. The SMILES string of the molecule is COCc1cccc(OC2COCCC2O)c1. The fraction of sp³-hybridized carbons (Fsp3) is 0.538. The van der Waals surface area contributed by atoms with Crippen LogP contribution in [0.2, 0.25) is 0 Å². The van der Waals surface area contributed by atoms with E-state index < -0.39 is 6.10 Å². The number of methoxy groups -OCH3 is 1. The highest BCUT2D eigenvalue weighted by Crippen LogP contribution is 2.19. The Kier molecular flexibility index (Phi) is 4.36. The molecule has 1 fully saturated rings. The Hall–Kier alpha value is -1.10. The minimum absolute atomic E-state index is 0.276. The van der Waals surface area contributed by atoms with Crippen LogP contribution in [0.1, 0.15) is 12.0 Å². The maximum atomic E-state index is 9.77. The quantitative estimate of drug-likeness (QED) is 0.860. The number of ether oxygens (including phenoxy) is 3.